The average molecular weight is 421 g/mol. The first kappa shape index (κ1) is 19.0. The van der Waals surface area contributed by atoms with E-state index in [1.165, 1.54) is 36.4 Å². The van der Waals surface area contributed by atoms with E-state index in [0.717, 1.165) is 10.6 Å². The molecule has 10 heteroatoms. The molecule has 3 heterocycles. The zero-order valence-electron chi connectivity index (χ0n) is 14.8. The Morgan fingerprint density at radius 3 is 2.41 bits per heavy atom. The highest BCUT2D eigenvalue weighted by molar-refractivity contribution is 6.30. The van der Waals surface area contributed by atoms with Crippen LogP contribution in [0.15, 0.2) is 51.8 Å². The second-order valence-electron chi connectivity index (χ2n) is 6.30. The van der Waals surface area contributed by atoms with E-state index >= 15 is 0 Å². The Morgan fingerprint density at radius 1 is 1.14 bits per heavy atom. The molecule has 29 heavy (non-hydrogen) atoms. The molecule has 0 atom stereocenters. The number of nitrogens with two attached hydrogens (primary N) is 1. The maximum absolute atomic E-state index is 13.3. The molecule has 4 aromatic rings. The van der Waals surface area contributed by atoms with Gasteiger partial charge < -0.3 is 10.3 Å². The predicted octanol–water partition coefficient (Wildman–Crippen LogP) is 4.60. The number of nitrogen functional groups attached to an aromatic ring is 1. The molecule has 0 radical (unpaired) electrons. The van der Waals surface area contributed by atoms with Gasteiger partial charge in [-0.25, -0.2) is 4.98 Å². The number of fused-ring (bicyclic) bond motifs is 1. The van der Waals surface area contributed by atoms with Gasteiger partial charge in [0.15, 0.2) is 5.76 Å². The van der Waals surface area contributed by atoms with Gasteiger partial charge in [0.2, 0.25) is 0 Å². The highest BCUT2D eigenvalue weighted by atomic mass is 35.5. The van der Waals surface area contributed by atoms with Crippen LogP contribution < -0.4 is 11.3 Å². The summed E-state index contributed by atoms with van der Waals surface area (Å²) in [4.78, 5) is 17.0. The van der Waals surface area contributed by atoms with Gasteiger partial charge in [-0.3, -0.25) is 9.36 Å². The zero-order valence-corrected chi connectivity index (χ0v) is 15.5. The number of aryl methyl sites for hydroxylation is 1. The van der Waals surface area contributed by atoms with Crippen LogP contribution >= 0.6 is 11.6 Å². The van der Waals surface area contributed by atoms with E-state index in [1.54, 1.807) is 6.92 Å². The highest BCUT2D eigenvalue weighted by Gasteiger charge is 2.33. The maximum atomic E-state index is 13.3. The molecule has 1 aromatic carbocycles. The Hall–Kier alpha value is -3.33. The van der Waals surface area contributed by atoms with Crippen LogP contribution in [0.4, 0.5) is 18.9 Å². The Bertz CT molecular complexity index is 1290. The minimum absolute atomic E-state index is 0.0189. The van der Waals surface area contributed by atoms with Gasteiger partial charge in [-0.1, -0.05) is 16.8 Å². The third kappa shape index (κ3) is 3.23. The van der Waals surface area contributed by atoms with E-state index in [9.17, 15) is 18.0 Å². The lowest BCUT2D eigenvalue weighted by molar-refractivity contribution is -0.141. The second-order valence-corrected chi connectivity index (χ2v) is 6.74. The molecule has 0 saturated carbocycles. The van der Waals surface area contributed by atoms with Gasteiger partial charge in [0.1, 0.15) is 16.9 Å². The van der Waals surface area contributed by atoms with Crippen molar-refractivity contribution in [1.29, 1.82) is 0 Å². The van der Waals surface area contributed by atoms with Gasteiger partial charge in [0.05, 0.1) is 17.1 Å². The zero-order chi connectivity index (χ0) is 20.9. The minimum Gasteiger partial charge on any atom is -0.397 e. The summed E-state index contributed by atoms with van der Waals surface area (Å²) in [6.45, 7) is 1.67. The van der Waals surface area contributed by atoms with E-state index in [0.29, 0.717) is 10.7 Å². The van der Waals surface area contributed by atoms with Crippen LogP contribution in [0.3, 0.4) is 0 Å². The number of rotatable bonds is 2. The first-order valence-electron chi connectivity index (χ1n) is 8.29. The fraction of sp³-hybridized carbons (Fsp3) is 0.105. The van der Waals surface area contributed by atoms with Gasteiger partial charge >= 0.3 is 6.18 Å². The van der Waals surface area contributed by atoms with Crippen molar-refractivity contribution in [3.63, 3.8) is 0 Å². The number of halogens is 4. The summed E-state index contributed by atoms with van der Waals surface area (Å²) in [5.74, 6) is 0.106. The van der Waals surface area contributed by atoms with Crippen molar-refractivity contribution >= 4 is 28.3 Å². The SMILES string of the molecule is Cc1cc(-c2c(N)c3ccc(C(F)(F)F)nc3n(-c3ccc(Cl)cc3)c2=O)on1. The first-order valence-corrected chi connectivity index (χ1v) is 8.66. The predicted molar refractivity (Wildman–Crippen MR) is 102 cm³/mol. The highest BCUT2D eigenvalue weighted by Crippen LogP contribution is 2.34. The molecule has 3 aromatic heterocycles. The monoisotopic (exact) mass is 420 g/mol. The summed E-state index contributed by atoms with van der Waals surface area (Å²) in [5, 5.41) is 4.32. The summed E-state index contributed by atoms with van der Waals surface area (Å²) in [7, 11) is 0. The molecule has 6 nitrogen and oxygen atoms in total. The molecule has 0 saturated heterocycles. The normalized spacial score (nSPS) is 11.9. The van der Waals surface area contributed by atoms with Crippen molar-refractivity contribution < 1.29 is 17.7 Å². The van der Waals surface area contributed by atoms with Crippen molar-refractivity contribution in [3.8, 4) is 17.0 Å². The van der Waals surface area contributed by atoms with Crippen molar-refractivity contribution in [2.45, 2.75) is 13.1 Å². The minimum atomic E-state index is -4.69. The molecule has 0 bridgehead atoms. The summed E-state index contributed by atoms with van der Waals surface area (Å²) < 4.78 is 45.9. The van der Waals surface area contributed by atoms with Crippen LogP contribution in [-0.4, -0.2) is 14.7 Å². The molecule has 0 amide bonds. The molecule has 4 rings (SSSR count). The standard InChI is InChI=1S/C19H12ClF3N4O2/c1-9-8-13(29-26-9)15-16(24)12-6-7-14(19(21,22)23)25-17(12)27(18(15)28)11-4-2-10(20)3-5-11/h2-8H,24H2,1H3. The molecule has 2 N–H and O–H groups in total. The van der Waals surface area contributed by atoms with Crippen LogP contribution in [-0.2, 0) is 6.18 Å². The van der Waals surface area contributed by atoms with Gasteiger partial charge in [0.25, 0.3) is 5.56 Å². The molecule has 0 aliphatic rings. The summed E-state index contributed by atoms with van der Waals surface area (Å²) in [5.41, 5.74) is 4.80. The fourth-order valence-corrected chi connectivity index (χ4v) is 3.12. The van der Waals surface area contributed by atoms with Crippen molar-refractivity contribution in [3.05, 3.63) is 69.2 Å². The summed E-state index contributed by atoms with van der Waals surface area (Å²) in [6, 6.07) is 9.52. The lowest BCUT2D eigenvalue weighted by atomic mass is 10.1. The van der Waals surface area contributed by atoms with Crippen LogP contribution in [0.25, 0.3) is 28.0 Å². The number of nitrogens with zero attached hydrogens (tertiary/aromatic N) is 3. The first-order chi connectivity index (χ1) is 13.7. The number of pyridine rings is 2. The van der Waals surface area contributed by atoms with Gasteiger partial charge in [-0.2, -0.15) is 13.2 Å². The molecule has 0 fully saturated rings. The van der Waals surface area contributed by atoms with Crippen LogP contribution in [0, 0.1) is 6.92 Å². The third-order valence-electron chi connectivity index (χ3n) is 4.31. The van der Waals surface area contributed by atoms with Gasteiger partial charge in [-0.15, -0.1) is 0 Å². The molecule has 0 spiro atoms. The summed E-state index contributed by atoms with van der Waals surface area (Å²) >= 11 is 5.90. The number of alkyl halides is 3. The quantitative estimate of drug-likeness (QED) is 0.512. The average Bonchev–Trinajstić information content (AvgIpc) is 3.08. The van der Waals surface area contributed by atoms with E-state index in [1.807, 2.05) is 0 Å². The van der Waals surface area contributed by atoms with Gasteiger partial charge in [-0.05, 0) is 43.3 Å². The molecule has 0 aliphatic heterocycles. The Labute approximate surface area is 166 Å². The van der Waals surface area contributed by atoms with E-state index < -0.39 is 17.4 Å². The Kier molecular flexibility index (Phi) is 4.34. The maximum Gasteiger partial charge on any atom is 0.433 e. The lowest BCUT2D eigenvalue weighted by Gasteiger charge is -2.15. The van der Waals surface area contributed by atoms with E-state index in [-0.39, 0.29) is 33.7 Å². The second kappa shape index (κ2) is 6.63. The lowest BCUT2D eigenvalue weighted by Crippen LogP contribution is -2.24. The van der Waals surface area contributed by atoms with Crippen LogP contribution in [0.5, 0.6) is 0 Å². The number of aromatic nitrogens is 3. The number of benzene rings is 1. The fourth-order valence-electron chi connectivity index (χ4n) is 2.99. The molecule has 0 unspecified atom stereocenters. The Balaban J connectivity index is 2.15. The van der Waals surface area contributed by atoms with E-state index in [2.05, 4.69) is 10.1 Å². The summed E-state index contributed by atoms with van der Waals surface area (Å²) in [6.07, 6.45) is -4.69. The largest absolute Gasteiger partial charge is 0.433 e. The molecule has 148 valence electrons. The number of hydrogen-bond acceptors (Lipinski definition) is 5. The van der Waals surface area contributed by atoms with Crippen LogP contribution in [0.1, 0.15) is 11.4 Å². The van der Waals surface area contributed by atoms with Crippen LogP contribution in [0.2, 0.25) is 5.02 Å². The van der Waals surface area contributed by atoms with Crippen molar-refractivity contribution in [2.75, 3.05) is 5.73 Å². The van der Waals surface area contributed by atoms with Crippen molar-refractivity contribution in [2.24, 2.45) is 0 Å². The molecular formula is C19H12ClF3N4O2. The third-order valence-corrected chi connectivity index (χ3v) is 4.56. The number of hydrogen-bond donors (Lipinski definition) is 1. The number of anilines is 1. The topological polar surface area (TPSA) is 86.9 Å². The Morgan fingerprint density at radius 2 is 1.83 bits per heavy atom. The van der Waals surface area contributed by atoms with Crippen molar-refractivity contribution in [1.82, 2.24) is 14.7 Å². The van der Waals surface area contributed by atoms with E-state index in [4.69, 9.17) is 21.9 Å². The molecular weight excluding hydrogens is 409 g/mol. The van der Waals surface area contributed by atoms with Gasteiger partial charge in [0, 0.05) is 16.5 Å². The molecule has 0 aliphatic carbocycles. The smallest absolute Gasteiger partial charge is 0.397 e.